The van der Waals surface area contributed by atoms with Crippen LogP contribution in [0.25, 0.3) is 12.2 Å². The van der Waals surface area contributed by atoms with Crippen molar-refractivity contribution in [2.24, 2.45) is 0 Å². The molecule has 2 nitrogen and oxygen atoms in total. The molecule has 0 amide bonds. The number of aryl methyl sites for hydroxylation is 1. The average molecular weight is 192 g/mol. The van der Waals surface area contributed by atoms with Crippen molar-refractivity contribution in [1.29, 1.82) is 0 Å². The number of aromatic amines is 1. The van der Waals surface area contributed by atoms with Crippen LogP contribution in [-0.4, -0.2) is 4.98 Å². The van der Waals surface area contributed by atoms with Gasteiger partial charge in [0.05, 0.1) is 0 Å². The maximum atomic E-state index is 5.75. The van der Waals surface area contributed by atoms with Crippen molar-refractivity contribution in [3.05, 3.63) is 29.5 Å². The van der Waals surface area contributed by atoms with E-state index in [1.807, 2.05) is 45.9 Å². The summed E-state index contributed by atoms with van der Waals surface area (Å²) in [6.45, 7) is 11.7. The van der Waals surface area contributed by atoms with E-state index in [1.165, 1.54) is 0 Å². The van der Waals surface area contributed by atoms with Crippen LogP contribution < -0.4 is 5.73 Å². The van der Waals surface area contributed by atoms with Crippen LogP contribution in [0.2, 0.25) is 0 Å². The Kier molecular flexibility index (Phi) is 5.46. The minimum Gasteiger partial charge on any atom is -0.385 e. The van der Waals surface area contributed by atoms with Gasteiger partial charge in [-0.05, 0) is 13.8 Å². The Morgan fingerprint density at radius 1 is 1.29 bits per heavy atom. The topological polar surface area (TPSA) is 41.8 Å². The van der Waals surface area contributed by atoms with Crippen LogP contribution in [0.15, 0.2) is 12.7 Å². The highest BCUT2D eigenvalue weighted by Gasteiger charge is 2.06. The predicted octanol–water partition coefficient (Wildman–Crippen LogP) is 3.61. The number of nitrogen functional groups attached to an aromatic ring is 1. The van der Waals surface area contributed by atoms with Gasteiger partial charge in [0, 0.05) is 16.8 Å². The Morgan fingerprint density at radius 2 is 1.86 bits per heavy atom. The van der Waals surface area contributed by atoms with Crippen molar-refractivity contribution in [2.45, 2.75) is 27.7 Å². The van der Waals surface area contributed by atoms with Crippen molar-refractivity contribution in [2.75, 3.05) is 5.73 Å². The van der Waals surface area contributed by atoms with E-state index in [0.29, 0.717) is 5.82 Å². The smallest absolute Gasteiger partial charge is 0.108 e. The number of aromatic nitrogens is 1. The zero-order chi connectivity index (χ0) is 11.1. The molecule has 0 aliphatic heterocycles. The van der Waals surface area contributed by atoms with Crippen LogP contribution in [0.5, 0.6) is 0 Å². The second kappa shape index (κ2) is 6.08. The van der Waals surface area contributed by atoms with Crippen molar-refractivity contribution in [3.8, 4) is 0 Å². The van der Waals surface area contributed by atoms with Crippen molar-refractivity contribution >= 4 is 18.0 Å². The molecule has 78 valence electrons. The largest absolute Gasteiger partial charge is 0.385 e. The second-order valence-electron chi connectivity index (χ2n) is 2.70. The third-order valence-corrected chi connectivity index (χ3v) is 1.84. The summed E-state index contributed by atoms with van der Waals surface area (Å²) >= 11 is 0. The van der Waals surface area contributed by atoms with Crippen LogP contribution in [0.4, 0.5) is 5.82 Å². The molecule has 0 aliphatic carbocycles. The molecule has 0 saturated heterocycles. The average Bonchev–Trinajstić information content (AvgIpc) is 2.45. The molecule has 0 bridgehead atoms. The quantitative estimate of drug-likeness (QED) is 0.738. The van der Waals surface area contributed by atoms with E-state index in [9.17, 15) is 0 Å². The Bertz CT molecular complexity index is 319. The molecule has 1 rings (SSSR count). The van der Waals surface area contributed by atoms with Gasteiger partial charge in [-0.1, -0.05) is 38.7 Å². The lowest BCUT2D eigenvalue weighted by Crippen LogP contribution is -1.86. The van der Waals surface area contributed by atoms with E-state index in [2.05, 4.69) is 11.6 Å². The third kappa shape index (κ3) is 2.52. The lowest BCUT2D eigenvalue weighted by Gasteiger charge is -1.93. The molecule has 1 aromatic heterocycles. The van der Waals surface area contributed by atoms with E-state index >= 15 is 0 Å². The number of allylic oxidation sites excluding steroid dienone is 1. The Hall–Kier alpha value is -1.44. The van der Waals surface area contributed by atoms with Gasteiger partial charge in [-0.2, -0.15) is 0 Å². The van der Waals surface area contributed by atoms with E-state index < -0.39 is 0 Å². The van der Waals surface area contributed by atoms with Gasteiger partial charge in [0.2, 0.25) is 0 Å². The molecular weight excluding hydrogens is 172 g/mol. The monoisotopic (exact) mass is 192 g/mol. The van der Waals surface area contributed by atoms with Crippen LogP contribution >= 0.6 is 0 Å². The number of hydrogen-bond acceptors (Lipinski definition) is 1. The molecule has 2 heteroatoms. The van der Waals surface area contributed by atoms with Gasteiger partial charge in [0.1, 0.15) is 5.82 Å². The van der Waals surface area contributed by atoms with Crippen molar-refractivity contribution in [3.63, 3.8) is 0 Å². The van der Waals surface area contributed by atoms with Crippen LogP contribution in [-0.2, 0) is 0 Å². The SMILES string of the molecule is C=Cc1c(C)[nH]c(N)c1/C=C\C.CC. The highest BCUT2D eigenvalue weighted by Crippen LogP contribution is 2.22. The molecule has 1 aromatic rings. The molecule has 0 unspecified atom stereocenters. The first-order valence-electron chi connectivity index (χ1n) is 4.93. The summed E-state index contributed by atoms with van der Waals surface area (Å²) in [5.41, 5.74) is 8.94. The summed E-state index contributed by atoms with van der Waals surface area (Å²) in [5, 5.41) is 0. The van der Waals surface area contributed by atoms with Crippen LogP contribution in [0.3, 0.4) is 0 Å². The first-order chi connectivity index (χ1) is 6.70. The number of H-pyrrole nitrogens is 1. The van der Waals surface area contributed by atoms with Gasteiger partial charge in [0.25, 0.3) is 0 Å². The Balaban J connectivity index is 0.000000791. The van der Waals surface area contributed by atoms with Gasteiger partial charge in [-0.15, -0.1) is 0 Å². The molecule has 0 aromatic carbocycles. The molecule has 14 heavy (non-hydrogen) atoms. The van der Waals surface area contributed by atoms with Crippen LogP contribution in [0.1, 0.15) is 37.6 Å². The summed E-state index contributed by atoms with van der Waals surface area (Å²) in [6, 6.07) is 0. The molecule has 0 saturated carbocycles. The minimum absolute atomic E-state index is 0.709. The van der Waals surface area contributed by atoms with Crippen molar-refractivity contribution < 1.29 is 0 Å². The molecule has 0 atom stereocenters. The number of hydrogen-bond donors (Lipinski definition) is 2. The highest BCUT2D eigenvalue weighted by molar-refractivity contribution is 5.74. The zero-order valence-corrected chi connectivity index (χ0v) is 9.52. The first-order valence-corrected chi connectivity index (χ1v) is 4.93. The fraction of sp³-hybridized carbons (Fsp3) is 0.333. The normalized spacial score (nSPS) is 9.71. The lowest BCUT2D eigenvalue weighted by atomic mass is 10.1. The van der Waals surface area contributed by atoms with Gasteiger partial charge < -0.3 is 10.7 Å². The fourth-order valence-electron chi connectivity index (χ4n) is 1.29. The van der Waals surface area contributed by atoms with Gasteiger partial charge in [0.15, 0.2) is 0 Å². The minimum atomic E-state index is 0.709. The number of anilines is 1. The highest BCUT2D eigenvalue weighted by atomic mass is 14.9. The summed E-state index contributed by atoms with van der Waals surface area (Å²) in [7, 11) is 0. The molecule has 3 N–H and O–H groups in total. The van der Waals surface area contributed by atoms with Gasteiger partial charge >= 0.3 is 0 Å². The second-order valence-corrected chi connectivity index (χ2v) is 2.70. The predicted molar refractivity (Wildman–Crippen MR) is 66.1 cm³/mol. The molecule has 1 heterocycles. The molecular formula is C12H20N2. The van der Waals surface area contributed by atoms with Crippen LogP contribution in [0, 0.1) is 6.92 Å². The molecule has 0 spiro atoms. The summed E-state index contributed by atoms with van der Waals surface area (Å²) in [6.07, 6.45) is 5.76. The summed E-state index contributed by atoms with van der Waals surface area (Å²) < 4.78 is 0. The molecule has 0 aliphatic rings. The zero-order valence-electron chi connectivity index (χ0n) is 9.52. The lowest BCUT2D eigenvalue weighted by molar-refractivity contribution is 1.26. The van der Waals surface area contributed by atoms with E-state index in [-0.39, 0.29) is 0 Å². The molecule has 0 fully saturated rings. The van der Waals surface area contributed by atoms with Crippen molar-refractivity contribution in [1.82, 2.24) is 4.98 Å². The number of nitrogens with one attached hydrogen (secondary N) is 1. The van der Waals surface area contributed by atoms with E-state index in [0.717, 1.165) is 16.8 Å². The first kappa shape index (κ1) is 12.6. The van der Waals surface area contributed by atoms with Gasteiger partial charge in [-0.25, -0.2) is 0 Å². The summed E-state index contributed by atoms with van der Waals surface area (Å²) in [4.78, 5) is 3.07. The van der Waals surface area contributed by atoms with Gasteiger partial charge in [-0.3, -0.25) is 0 Å². The maximum absolute atomic E-state index is 5.75. The summed E-state index contributed by atoms with van der Waals surface area (Å²) in [5.74, 6) is 0.709. The maximum Gasteiger partial charge on any atom is 0.108 e. The fourth-order valence-corrected chi connectivity index (χ4v) is 1.29. The Morgan fingerprint density at radius 3 is 2.29 bits per heavy atom. The van der Waals surface area contributed by atoms with E-state index in [4.69, 9.17) is 5.73 Å². The number of rotatable bonds is 2. The van der Waals surface area contributed by atoms with E-state index in [1.54, 1.807) is 0 Å². The number of nitrogens with two attached hydrogens (primary N) is 1. The Labute approximate surface area is 86.5 Å². The third-order valence-electron chi connectivity index (χ3n) is 1.84. The standard InChI is InChI=1S/C10H14N2.C2H6/c1-4-6-9-8(5-2)7(3)12-10(9)11;1-2/h4-6,12H,2,11H2,1,3H3;1-2H3/b6-4-;. The molecule has 0 radical (unpaired) electrons.